The van der Waals surface area contributed by atoms with E-state index in [9.17, 15) is 14.4 Å². The molecule has 3 N–H and O–H groups in total. The molecule has 32 heavy (non-hydrogen) atoms. The molecule has 1 atom stereocenters. The molecule has 0 spiro atoms. The van der Waals surface area contributed by atoms with E-state index in [-0.39, 0.29) is 18.2 Å². The Morgan fingerprint density at radius 3 is 2.78 bits per heavy atom. The minimum absolute atomic E-state index is 0.167. The number of hydrogen-bond donors (Lipinski definition) is 3. The summed E-state index contributed by atoms with van der Waals surface area (Å²) in [6, 6.07) is 7.01. The zero-order valence-electron chi connectivity index (χ0n) is 17.6. The van der Waals surface area contributed by atoms with Gasteiger partial charge in [0.05, 0.1) is 0 Å². The van der Waals surface area contributed by atoms with Crippen molar-refractivity contribution in [2.75, 3.05) is 36.4 Å². The van der Waals surface area contributed by atoms with Crippen LogP contribution in [0.3, 0.4) is 0 Å². The fourth-order valence-electron chi connectivity index (χ4n) is 4.37. The highest BCUT2D eigenvalue weighted by Gasteiger charge is 2.39. The van der Waals surface area contributed by atoms with Gasteiger partial charge in [0.1, 0.15) is 11.9 Å². The minimum atomic E-state index is -0.599. The number of hydrogen-bond acceptors (Lipinski definition) is 8. The number of fused-ring (bicyclic) bond motifs is 1. The van der Waals surface area contributed by atoms with Gasteiger partial charge in [-0.3, -0.25) is 19.7 Å². The number of aromatic nitrogens is 2. The summed E-state index contributed by atoms with van der Waals surface area (Å²) >= 11 is 0. The van der Waals surface area contributed by atoms with Crippen molar-refractivity contribution >= 4 is 29.5 Å². The first-order valence-electron chi connectivity index (χ1n) is 10.9. The lowest BCUT2D eigenvalue weighted by molar-refractivity contribution is -0.136. The van der Waals surface area contributed by atoms with Crippen LogP contribution in [0.2, 0.25) is 0 Å². The molecule has 166 valence electrons. The molecule has 10 heteroatoms. The molecule has 1 unspecified atom stereocenters. The Hall–Kier alpha value is -3.53. The van der Waals surface area contributed by atoms with Gasteiger partial charge in [0.2, 0.25) is 17.8 Å². The third-order valence-electron chi connectivity index (χ3n) is 6.11. The molecule has 4 heterocycles. The van der Waals surface area contributed by atoms with E-state index in [2.05, 4.69) is 30.8 Å². The first kappa shape index (κ1) is 20.4. The Morgan fingerprint density at radius 1 is 1.12 bits per heavy atom. The molecule has 2 saturated heterocycles. The summed E-state index contributed by atoms with van der Waals surface area (Å²) in [6.45, 7) is 4.48. The van der Waals surface area contributed by atoms with E-state index < -0.39 is 11.9 Å². The highest BCUT2D eigenvalue weighted by Crippen LogP contribution is 2.28. The summed E-state index contributed by atoms with van der Waals surface area (Å²) in [7, 11) is 0. The van der Waals surface area contributed by atoms with Crippen molar-refractivity contribution in [2.45, 2.75) is 32.0 Å². The van der Waals surface area contributed by atoms with Crippen molar-refractivity contribution < 1.29 is 14.4 Å². The molecule has 10 nitrogen and oxygen atoms in total. The predicted octanol–water partition coefficient (Wildman–Crippen LogP) is 0.259. The van der Waals surface area contributed by atoms with Crippen LogP contribution in [-0.4, -0.2) is 64.8 Å². The maximum Gasteiger partial charge on any atom is 0.255 e. The van der Waals surface area contributed by atoms with Gasteiger partial charge in [0, 0.05) is 57.4 Å². The van der Waals surface area contributed by atoms with Gasteiger partial charge in [-0.05, 0) is 29.7 Å². The number of imide groups is 1. The second-order valence-electron chi connectivity index (χ2n) is 8.22. The van der Waals surface area contributed by atoms with Crippen LogP contribution >= 0.6 is 0 Å². The average Bonchev–Trinajstić information content (AvgIpc) is 3.14. The van der Waals surface area contributed by atoms with E-state index in [4.69, 9.17) is 0 Å². The highest BCUT2D eigenvalue weighted by atomic mass is 16.2. The van der Waals surface area contributed by atoms with Gasteiger partial charge in [0.15, 0.2) is 0 Å². The molecule has 0 radical (unpaired) electrons. The average molecular weight is 435 g/mol. The van der Waals surface area contributed by atoms with Crippen LogP contribution in [0.1, 0.15) is 34.3 Å². The van der Waals surface area contributed by atoms with Crippen LogP contribution in [0.15, 0.2) is 30.5 Å². The van der Waals surface area contributed by atoms with E-state index in [1.165, 1.54) is 0 Å². The van der Waals surface area contributed by atoms with Crippen molar-refractivity contribution in [3.8, 4) is 0 Å². The zero-order valence-corrected chi connectivity index (χ0v) is 17.6. The summed E-state index contributed by atoms with van der Waals surface area (Å²) in [5, 5.41) is 8.96. The predicted molar refractivity (Wildman–Crippen MR) is 117 cm³/mol. The smallest absolute Gasteiger partial charge is 0.255 e. The number of piperidine rings is 1. The maximum atomic E-state index is 13.0. The first-order valence-corrected chi connectivity index (χ1v) is 10.9. The molecule has 3 aliphatic heterocycles. The topological polar surface area (TPSA) is 120 Å². The number of amides is 3. The van der Waals surface area contributed by atoms with Crippen molar-refractivity contribution in [2.24, 2.45) is 0 Å². The third-order valence-corrected chi connectivity index (χ3v) is 6.11. The quantitative estimate of drug-likeness (QED) is 0.572. The number of piperazine rings is 1. The second kappa shape index (κ2) is 8.54. The van der Waals surface area contributed by atoms with Gasteiger partial charge in [-0.25, -0.2) is 4.98 Å². The normalized spacial score (nSPS) is 20.9. The molecular formula is C22H25N7O3. The van der Waals surface area contributed by atoms with Gasteiger partial charge in [-0.15, -0.1) is 0 Å². The van der Waals surface area contributed by atoms with Gasteiger partial charge >= 0.3 is 0 Å². The van der Waals surface area contributed by atoms with Crippen LogP contribution in [0.25, 0.3) is 0 Å². The van der Waals surface area contributed by atoms with Crippen molar-refractivity contribution in [3.63, 3.8) is 0 Å². The summed E-state index contributed by atoms with van der Waals surface area (Å²) in [6.07, 6.45) is 2.36. The van der Waals surface area contributed by atoms with Crippen LogP contribution < -0.4 is 20.9 Å². The van der Waals surface area contributed by atoms with Crippen molar-refractivity contribution in [1.29, 1.82) is 0 Å². The number of carbonyl (C=O) groups excluding carboxylic acids is 3. The lowest BCUT2D eigenvalue weighted by Gasteiger charge is -2.29. The molecule has 3 amide bonds. The summed E-state index contributed by atoms with van der Waals surface area (Å²) in [4.78, 5) is 49.3. The molecule has 2 aromatic rings. The molecule has 0 bridgehead atoms. The van der Waals surface area contributed by atoms with E-state index in [1.54, 1.807) is 11.1 Å². The van der Waals surface area contributed by atoms with Gasteiger partial charge in [-0.1, -0.05) is 12.1 Å². The number of rotatable bonds is 5. The number of carbonyl (C=O) groups is 3. The van der Waals surface area contributed by atoms with Gasteiger partial charge in [0.25, 0.3) is 5.91 Å². The summed E-state index contributed by atoms with van der Waals surface area (Å²) in [5.41, 5.74) is 2.45. The molecule has 1 aromatic carbocycles. The largest absolute Gasteiger partial charge is 0.366 e. The minimum Gasteiger partial charge on any atom is -0.366 e. The van der Waals surface area contributed by atoms with Crippen molar-refractivity contribution in [1.82, 2.24) is 25.5 Å². The Balaban J connectivity index is 1.25. The van der Waals surface area contributed by atoms with Crippen LogP contribution in [0.4, 0.5) is 11.8 Å². The third kappa shape index (κ3) is 4.01. The van der Waals surface area contributed by atoms with Crippen molar-refractivity contribution in [3.05, 3.63) is 47.2 Å². The second-order valence-corrected chi connectivity index (χ2v) is 8.22. The fraction of sp³-hybridized carbons (Fsp3) is 0.409. The Bertz CT molecular complexity index is 1070. The molecule has 2 fully saturated rings. The molecule has 5 rings (SSSR count). The number of benzene rings is 1. The zero-order chi connectivity index (χ0) is 22.1. The van der Waals surface area contributed by atoms with E-state index in [0.29, 0.717) is 31.0 Å². The van der Waals surface area contributed by atoms with Gasteiger partial charge < -0.3 is 20.4 Å². The van der Waals surface area contributed by atoms with E-state index >= 15 is 0 Å². The standard InChI is InChI=1S/C22H25N7O3/c30-19-4-3-17(20(31)27-19)29-13-15-2-1-14(11-16(15)21(29)32)12-25-18-5-6-24-22(26-18)28-9-7-23-8-10-28/h1-2,5-6,11,17,23H,3-4,7-10,12-13H2,(H,24,25,26)(H,27,30,31). The Labute approximate surface area is 185 Å². The maximum absolute atomic E-state index is 13.0. The Morgan fingerprint density at radius 2 is 1.97 bits per heavy atom. The number of anilines is 2. The van der Waals surface area contributed by atoms with Crippen LogP contribution in [0.5, 0.6) is 0 Å². The summed E-state index contributed by atoms with van der Waals surface area (Å²) in [5.74, 6) is 0.590. The molecule has 3 aliphatic rings. The van der Waals surface area contributed by atoms with Crippen LogP contribution in [0, 0.1) is 0 Å². The lowest BCUT2D eigenvalue weighted by Crippen LogP contribution is -2.52. The number of nitrogens with zero attached hydrogens (tertiary/aromatic N) is 4. The van der Waals surface area contributed by atoms with E-state index in [1.807, 2.05) is 24.3 Å². The molecule has 0 saturated carbocycles. The SMILES string of the molecule is O=C1CCC(N2Cc3ccc(CNc4ccnc(N5CCNCC5)n4)cc3C2=O)C(=O)N1. The number of nitrogens with one attached hydrogen (secondary N) is 3. The lowest BCUT2D eigenvalue weighted by atomic mass is 10.0. The first-order chi connectivity index (χ1) is 15.6. The molecule has 1 aromatic heterocycles. The fourth-order valence-corrected chi connectivity index (χ4v) is 4.37. The molecule has 0 aliphatic carbocycles. The highest BCUT2D eigenvalue weighted by molar-refractivity contribution is 6.05. The van der Waals surface area contributed by atoms with Crippen LogP contribution in [-0.2, 0) is 22.7 Å². The monoisotopic (exact) mass is 435 g/mol. The Kier molecular flexibility index (Phi) is 5.44. The summed E-state index contributed by atoms with van der Waals surface area (Å²) < 4.78 is 0. The molecular weight excluding hydrogens is 410 g/mol. The van der Waals surface area contributed by atoms with Gasteiger partial charge in [-0.2, -0.15) is 4.98 Å². The van der Waals surface area contributed by atoms with E-state index in [0.717, 1.165) is 43.1 Å².